The van der Waals surface area contributed by atoms with Crippen LogP contribution in [0, 0.1) is 6.92 Å². The number of anilines is 1. The maximum absolute atomic E-state index is 13.2. The predicted molar refractivity (Wildman–Crippen MR) is 119 cm³/mol. The average Bonchev–Trinajstić information content (AvgIpc) is 2.74. The van der Waals surface area contributed by atoms with Gasteiger partial charge in [0, 0.05) is 17.8 Å². The minimum Gasteiger partial charge on any atom is -0.393 e. The molecule has 3 rings (SSSR count). The number of amidine groups is 1. The van der Waals surface area contributed by atoms with E-state index in [0.29, 0.717) is 17.6 Å². The Bertz CT molecular complexity index is 1290. The third kappa shape index (κ3) is 3.77. The van der Waals surface area contributed by atoms with Gasteiger partial charge in [0.1, 0.15) is 16.4 Å². The van der Waals surface area contributed by atoms with Gasteiger partial charge in [-0.25, -0.2) is 8.42 Å². The Balaban J connectivity index is 2.29. The smallest absolute Gasteiger partial charge is 0.279 e. The Kier molecular flexibility index (Phi) is 5.85. The van der Waals surface area contributed by atoms with Crippen LogP contribution < -0.4 is 22.3 Å². The fraction of sp³-hybridized carbons (Fsp3) is 0.190. The van der Waals surface area contributed by atoms with Gasteiger partial charge in [-0.15, -0.1) is 0 Å². The summed E-state index contributed by atoms with van der Waals surface area (Å²) in [5.41, 5.74) is 12.6. The summed E-state index contributed by atoms with van der Waals surface area (Å²) in [7, 11) is -4.02. The van der Waals surface area contributed by atoms with Crippen molar-refractivity contribution in [3.05, 3.63) is 70.2 Å². The minimum absolute atomic E-state index is 0.0225. The number of pyridine rings is 1. The molecule has 9 nitrogen and oxygen atoms in total. The summed E-state index contributed by atoms with van der Waals surface area (Å²) in [6, 6.07) is 8.69. The first-order chi connectivity index (χ1) is 14.6. The number of benzene rings is 1. The zero-order valence-electron chi connectivity index (χ0n) is 17.1. The first kappa shape index (κ1) is 22.0. The molecule has 1 aromatic carbocycles. The Hall–Kier alpha value is -3.66. The highest BCUT2D eigenvalue weighted by Crippen LogP contribution is 2.29. The number of aliphatic imine (C=N–C) groups is 1. The number of carbonyl (C=O) groups excluding carboxylic acids is 1. The number of carbonyl (C=O) groups is 1. The van der Waals surface area contributed by atoms with E-state index in [9.17, 15) is 18.0 Å². The highest BCUT2D eigenvalue weighted by atomic mass is 32.2. The topological polar surface area (TPSA) is 150 Å². The number of dihydropyridines is 1. The molecule has 31 heavy (non-hydrogen) atoms. The summed E-state index contributed by atoms with van der Waals surface area (Å²) in [4.78, 5) is 28.2. The summed E-state index contributed by atoms with van der Waals surface area (Å²) in [6.45, 7) is 7.41. The monoisotopic (exact) mass is 441 g/mol. The minimum atomic E-state index is -4.02. The molecule has 0 radical (unpaired) electrons. The molecule has 0 saturated heterocycles. The van der Waals surface area contributed by atoms with E-state index in [1.54, 1.807) is 32.0 Å². The fourth-order valence-corrected chi connectivity index (χ4v) is 4.91. The second-order valence-electron chi connectivity index (χ2n) is 7.06. The molecule has 0 saturated carbocycles. The molecule has 162 valence electrons. The molecular formula is C21H23N5O4S. The van der Waals surface area contributed by atoms with Crippen molar-refractivity contribution in [2.24, 2.45) is 10.7 Å². The van der Waals surface area contributed by atoms with Gasteiger partial charge in [-0.05, 0) is 37.6 Å². The number of aryl methyl sites for hydroxylation is 1. The molecule has 5 N–H and O–H groups in total. The lowest BCUT2D eigenvalue weighted by molar-refractivity contribution is -0.109. The number of nitrogens with zero attached hydrogens (tertiary/aromatic N) is 2. The van der Waals surface area contributed by atoms with Crippen molar-refractivity contribution in [2.75, 3.05) is 12.3 Å². The standard InChI is InChI=1S/C21H23N5O4S/c1-12-9-17(31(29,30)15-7-5-4-6-8-15)18(22)21(28)26(12)19-16(10-24-11-27)13(2)14(3)25-20(19)23/h4-9,11,14H,2,10,22H2,1,3H3,(H2,23,25)(H,24,27). The van der Waals surface area contributed by atoms with Crippen LogP contribution in [0.3, 0.4) is 0 Å². The normalized spacial score (nSPS) is 16.8. The van der Waals surface area contributed by atoms with Gasteiger partial charge >= 0.3 is 0 Å². The molecule has 2 heterocycles. The fourth-order valence-electron chi connectivity index (χ4n) is 3.44. The van der Waals surface area contributed by atoms with Gasteiger partial charge in [-0.2, -0.15) is 0 Å². The van der Waals surface area contributed by atoms with Crippen LogP contribution in [0.4, 0.5) is 5.69 Å². The quantitative estimate of drug-likeness (QED) is 0.566. The van der Waals surface area contributed by atoms with Gasteiger partial charge in [-0.1, -0.05) is 24.8 Å². The number of nitrogen functional groups attached to an aromatic ring is 1. The van der Waals surface area contributed by atoms with E-state index >= 15 is 0 Å². The number of hydrogen-bond acceptors (Lipinski definition) is 7. The molecule has 1 amide bonds. The van der Waals surface area contributed by atoms with Crippen molar-refractivity contribution in [2.45, 2.75) is 29.7 Å². The maximum atomic E-state index is 13.2. The Morgan fingerprint density at radius 1 is 1.26 bits per heavy atom. The molecule has 1 atom stereocenters. The summed E-state index contributed by atoms with van der Waals surface area (Å²) < 4.78 is 27.3. The first-order valence-corrected chi connectivity index (χ1v) is 10.8. The Morgan fingerprint density at radius 3 is 2.52 bits per heavy atom. The highest BCUT2D eigenvalue weighted by Gasteiger charge is 2.29. The second-order valence-corrected chi connectivity index (χ2v) is 8.98. The summed E-state index contributed by atoms with van der Waals surface area (Å²) in [5.74, 6) is 0.0610. The number of nitrogens with two attached hydrogens (primary N) is 2. The van der Waals surface area contributed by atoms with E-state index in [0.717, 1.165) is 0 Å². The molecule has 0 aliphatic carbocycles. The van der Waals surface area contributed by atoms with E-state index < -0.39 is 21.1 Å². The first-order valence-electron chi connectivity index (χ1n) is 9.36. The van der Waals surface area contributed by atoms with Gasteiger partial charge < -0.3 is 16.8 Å². The third-order valence-electron chi connectivity index (χ3n) is 5.07. The molecule has 10 heteroatoms. The van der Waals surface area contributed by atoms with Crippen molar-refractivity contribution in [1.82, 2.24) is 9.88 Å². The lowest BCUT2D eigenvalue weighted by Crippen LogP contribution is -2.37. The number of aromatic nitrogens is 1. The van der Waals surface area contributed by atoms with Crippen LogP contribution in [-0.4, -0.2) is 37.8 Å². The Labute approximate surface area is 179 Å². The zero-order valence-corrected chi connectivity index (χ0v) is 17.9. The van der Waals surface area contributed by atoms with E-state index in [1.807, 2.05) is 0 Å². The van der Waals surface area contributed by atoms with Gasteiger partial charge in [0.05, 0.1) is 16.6 Å². The van der Waals surface area contributed by atoms with Crippen LogP contribution in [0.15, 0.2) is 73.7 Å². The van der Waals surface area contributed by atoms with E-state index in [-0.39, 0.29) is 39.6 Å². The Morgan fingerprint density at radius 2 is 1.90 bits per heavy atom. The van der Waals surface area contributed by atoms with Crippen molar-refractivity contribution < 1.29 is 13.2 Å². The van der Waals surface area contributed by atoms with Crippen molar-refractivity contribution in [3.63, 3.8) is 0 Å². The van der Waals surface area contributed by atoms with Crippen LogP contribution in [0.2, 0.25) is 0 Å². The molecule has 1 unspecified atom stereocenters. The van der Waals surface area contributed by atoms with Crippen molar-refractivity contribution in [3.8, 4) is 0 Å². The molecule has 0 bridgehead atoms. The number of rotatable bonds is 6. The molecule has 0 fully saturated rings. The third-order valence-corrected chi connectivity index (χ3v) is 6.88. The maximum Gasteiger partial charge on any atom is 0.279 e. The van der Waals surface area contributed by atoms with E-state index in [2.05, 4.69) is 16.9 Å². The highest BCUT2D eigenvalue weighted by molar-refractivity contribution is 7.91. The van der Waals surface area contributed by atoms with Crippen molar-refractivity contribution in [1.29, 1.82) is 0 Å². The number of hydrogen-bond donors (Lipinski definition) is 3. The predicted octanol–water partition coefficient (Wildman–Crippen LogP) is 0.844. The molecule has 0 spiro atoms. The molecule has 1 aromatic heterocycles. The number of amides is 1. The SMILES string of the molecule is C=C1C(CNC=O)=C(n2c(C)cc(S(=O)(=O)c3ccccc3)c(N)c2=O)C(N)=NC1C. The largest absolute Gasteiger partial charge is 0.393 e. The lowest BCUT2D eigenvalue weighted by atomic mass is 9.95. The lowest BCUT2D eigenvalue weighted by Gasteiger charge is -2.27. The van der Waals surface area contributed by atoms with Crippen LogP contribution in [-0.2, 0) is 14.6 Å². The molecule has 2 aromatic rings. The van der Waals surface area contributed by atoms with Gasteiger partial charge in [0.15, 0.2) is 0 Å². The molecule has 1 aliphatic rings. The zero-order chi connectivity index (χ0) is 22.9. The van der Waals surface area contributed by atoms with Crippen LogP contribution in [0.5, 0.6) is 0 Å². The van der Waals surface area contributed by atoms with E-state index in [4.69, 9.17) is 11.5 Å². The van der Waals surface area contributed by atoms with Gasteiger partial charge in [0.2, 0.25) is 16.2 Å². The number of sulfone groups is 1. The summed E-state index contributed by atoms with van der Waals surface area (Å²) >= 11 is 0. The van der Waals surface area contributed by atoms with Gasteiger partial charge in [0.25, 0.3) is 5.56 Å². The van der Waals surface area contributed by atoms with E-state index in [1.165, 1.54) is 22.8 Å². The van der Waals surface area contributed by atoms with Crippen molar-refractivity contribution >= 4 is 33.5 Å². The van der Waals surface area contributed by atoms with Crippen LogP contribution in [0.25, 0.3) is 5.70 Å². The summed E-state index contributed by atoms with van der Waals surface area (Å²) in [5, 5.41) is 2.55. The molecule has 1 aliphatic heterocycles. The second kappa shape index (κ2) is 8.23. The van der Waals surface area contributed by atoms with Crippen LogP contribution in [0.1, 0.15) is 12.6 Å². The van der Waals surface area contributed by atoms with Gasteiger partial charge in [-0.3, -0.25) is 19.1 Å². The average molecular weight is 442 g/mol. The van der Waals surface area contributed by atoms with Crippen LogP contribution >= 0.6 is 0 Å². The number of nitrogens with one attached hydrogen (secondary N) is 1. The molecular weight excluding hydrogens is 418 g/mol. The summed E-state index contributed by atoms with van der Waals surface area (Å²) in [6.07, 6.45) is 0.518.